The predicted molar refractivity (Wildman–Crippen MR) is 97.2 cm³/mol. The highest BCUT2D eigenvalue weighted by atomic mass is 16.6. The van der Waals surface area contributed by atoms with E-state index in [1.54, 1.807) is 18.2 Å². The Labute approximate surface area is 143 Å². The number of aromatic amines is 1. The molecule has 25 heavy (non-hydrogen) atoms. The molecule has 0 unspecified atom stereocenters. The van der Waals surface area contributed by atoms with Crippen LogP contribution in [0.15, 0.2) is 53.3 Å². The fourth-order valence-corrected chi connectivity index (χ4v) is 2.60. The van der Waals surface area contributed by atoms with E-state index in [0.29, 0.717) is 21.8 Å². The molecule has 0 aliphatic carbocycles. The Balaban J connectivity index is 2.11. The number of non-ortho nitro benzene ring substituents is 1. The number of hydrogen-bond donors (Lipinski definition) is 1. The molecule has 2 aromatic carbocycles. The van der Waals surface area contributed by atoms with Crippen molar-refractivity contribution >= 4 is 18.3 Å². The van der Waals surface area contributed by atoms with Gasteiger partial charge in [-0.15, -0.1) is 0 Å². The standard InChI is InChI=1S/C19H17N3O3/c1-3-14-7-9-16(10-8-14)21-19(23)18(13(2)20-21)12-15-5-4-6-17(11-15)22(24)25/h4-12,20H,2-3H2,1H3/b18-12+. The number of aromatic nitrogens is 2. The highest BCUT2D eigenvalue weighted by Gasteiger charge is 2.07. The van der Waals surface area contributed by atoms with Gasteiger partial charge < -0.3 is 0 Å². The number of rotatable bonds is 4. The van der Waals surface area contributed by atoms with E-state index in [0.717, 1.165) is 6.42 Å². The van der Waals surface area contributed by atoms with Crippen molar-refractivity contribution in [3.05, 3.63) is 90.7 Å². The van der Waals surface area contributed by atoms with Gasteiger partial charge in [-0.25, -0.2) is 4.68 Å². The van der Waals surface area contributed by atoms with Gasteiger partial charge in [0.05, 0.1) is 21.2 Å². The minimum atomic E-state index is -0.465. The van der Waals surface area contributed by atoms with Gasteiger partial charge in [0.2, 0.25) is 0 Å². The molecular formula is C19H17N3O3. The monoisotopic (exact) mass is 335 g/mol. The number of aryl methyl sites for hydroxylation is 1. The Morgan fingerprint density at radius 3 is 2.60 bits per heavy atom. The van der Waals surface area contributed by atoms with Crippen LogP contribution in [0.2, 0.25) is 0 Å². The lowest BCUT2D eigenvalue weighted by atomic mass is 10.1. The van der Waals surface area contributed by atoms with E-state index in [2.05, 4.69) is 18.6 Å². The molecule has 0 amide bonds. The van der Waals surface area contributed by atoms with Crippen LogP contribution >= 0.6 is 0 Å². The summed E-state index contributed by atoms with van der Waals surface area (Å²) < 4.78 is 1.42. The molecule has 0 fully saturated rings. The number of nitrogens with one attached hydrogen (secondary N) is 1. The quantitative estimate of drug-likeness (QED) is 0.584. The first kappa shape index (κ1) is 16.4. The summed E-state index contributed by atoms with van der Waals surface area (Å²) in [4.78, 5) is 23.1. The van der Waals surface area contributed by atoms with E-state index in [1.807, 2.05) is 24.3 Å². The Kier molecular flexibility index (Phi) is 4.35. The number of benzene rings is 2. The Hall–Kier alpha value is -3.41. The van der Waals surface area contributed by atoms with Crippen molar-refractivity contribution in [1.29, 1.82) is 0 Å². The average Bonchev–Trinajstić information content (AvgIpc) is 2.90. The fraction of sp³-hybridized carbons (Fsp3) is 0.105. The van der Waals surface area contributed by atoms with Gasteiger partial charge in [0.1, 0.15) is 0 Å². The van der Waals surface area contributed by atoms with E-state index in [1.165, 1.54) is 22.4 Å². The molecule has 0 aliphatic heterocycles. The second-order valence-electron chi connectivity index (χ2n) is 5.66. The number of nitro groups is 1. The largest absolute Gasteiger partial charge is 0.291 e. The molecule has 0 saturated heterocycles. The normalized spacial score (nSPS) is 11.6. The van der Waals surface area contributed by atoms with E-state index in [-0.39, 0.29) is 11.2 Å². The molecule has 6 heteroatoms. The molecule has 126 valence electrons. The minimum absolute atomic E-state index is 0.0228. The van der Waals surface area contributed by atoms with Crippen LogP contribution in [0.25, 0.3) is 18.3 Å². The van der Waals surface area contributed by atoms with Crippen molar-refractivity contribution in [2.45, 2.75) is 13.3 Å². The molecule has 6 nitrogen and oxygen atoms in total. The van der Waals surface area contributed by atoms with Crippen LogP contribution in [-0.2, 0) is 6.42 Å². The van der Waals surface area contributed by atoms with Crippen molar-refractivity contribution in [2.75, 3.05) is 0 Å². The molecule has 0 spiro atoms. The van der Waals surface area contributed by atoms with Gasteiger partial charge in [0.25, 0.3) is 11.2 Å². The Morgan fingerprint density at radius 1 is 1.24 bits per heavy atom. The van der Waals surface area contributed by atoms with Crippen molar-refractivity contribution in [2.24, 2.45) is 0 Å². The first-order valence-electron chi connectivity index (χ1n) is 7.85. The Bertz CT molecular complexity index is 1090. The molecule has 0 bridgehead atoms. The van der Waals surface area contributed by atoms with Gasteiger partial charge in [-0.05, 0) is 35.8 Å². The third-order valence-corrected chi connectivity index (χ3v) is 4.00. The zero-order valence-electron chi connectivity index (χ0n) is 13.7. The van der Waals surface area contributed by atoms with Crippen LogP contribution in [0.5, 0.6) is 0 Å². The van der Waals surface area contributed by atoms with E-state index >= 15 is 0 Å². The molecule has 0 atom stereocenters. The predicted octanol–water partition coefficient (Wildman–Crippen LogP) is 1.88. The van der Waals surface area contributed by atoms with Crippen molar-refractivity contribution < 1.29 is 4.92 Å². The summed E-state index contributed by atoms with van der Waals surface area (Å²) in [6, 6.07) is 13.8. The van der Waals surface area contributed by atoms with Crippen LogP contribution in [0, 0.1) is 10.1 Å². The molecule has 3 aromatic rings. The molecule has 1 N–H and O–H groups in total. The van der Waals surface area contributed by atoms with Gasteiger partial charge in [-0.1, -0.05) is 37.8 Å². The van der Waals surface area contributed by atoms with E-state index in [4.69, 9.17) is 0 Å². The van der Waals surface area contributed by atoms with Gasteiger partial charge in [0.15, 0.2) is 0 Å². The van der Waals surface area contributed by atoms with Crippen molar-refractivity contribution in [3.63, 3.8) is 0 Å². The summed E-state index contributed by atoms with van der Waals surface area (Å²) in [6.07, 6.45) is 2.53. The van der Waals surface area contributed by atoms with E-state index in [9.17, 15) is 14.9 Å². The van der Waals surface area contributed by atoms with Crippen LogP contribution in [0.3, 0.4) is 0 Å². The first-order valence-corrected chi connectivity index (χ1v) is 7.85. The summed E-state index contributed by atoms with van der Waals surface area (Å²) in [5.41, 5.74) is 2.20. The molecule has 1 aromatic heterocycles. The lowest BCUT2D eigenvalue weighted by molar-refractivity contribution is -0.384. The summed E-state index contributed by atoms with van der Waals surface area (Å²) in [5.74, 6) is 0. The third-order valence-electron chi connectivity index (χ3n) is 4.00. The molecule has 0 radical (unpaired) electrons. The zero-order chi connectivity index (χ0) is 18.0. The smallest absolute Gasteiger partial charge is 0.279 e. The van der Waals surface area contributed by atoms with Crippen LogP contribution < -0.4 is 16.1 Å². The van der Waals surface area contributed by atoms with E-state index < -0.39 is 4.92 Å². The number of nitro benzene ring substituents is 1. The molecule has 0 aliphatic rings. The van der Waals surface area contributed by atoms with Crippen LogP contribution in [-0.4, -0.2) is 14.7 Å². The maximum absolute atomic E-state index is 12.7. The van der Waals surface area contributed by atoms with Crippen LogP contribution in [0.4, 0.5) is 5.69 Å². The lowest BCUT2D eigenvalue weighted by Gasteiger charge is -2.02. The first-order chi connectivity index (χ1) is 12.0. The summed E-state index contributed by atoms with van der Waals surface area (Å²) in [6.45, 7) is 5.94. The van der Waals surface area contributed by atoms with Crippen LogP contribution in [0.1, 0.15) is 18.1 Å². The maximum atomic E-state index is 12.7. The Morgan fingerprint density at radius 2 is 1.96 bits per heavy atom. The molecular weight excluding hydrogens is 318 g/mol. The number of hydrogen-bond acceptors (Lipinski definition) is 3. The van der Waals surface area contributed by atoms with Gasteiger partial charge in [-0.3, -0.25) is 20.0 Å². The van der Waals surface area contributed by atoms with Crippen molar-refractivity contribution in [3.8, 4) is 5.69 Å². The summed E-state index contributed by atoms with van der Waals surface area (Å²) in [7, 11) is 0. The number of H-pyrrole nitrogens is 1. The van der Waals surface area contributed by atoms with Gasteiger partial charge >= 0.3 is 0 Å². The summed E-state index contributed by atoms with van der Waals surface area (Å²) >= 11 is 0. The number of nitrogens with zero attached hydrogens (tertiary/aromatic N) is 2. The average molecular weight is 335 g/mol. The second-order valence-corrected chi connectivity index (χ2v) is 5.66. The zero-order valence-corrected chi connectivity index (χ0v) is 13.7. The van der Waals surface area contributed by atoms with Crippen molar-refractivity contribution in [1.82, 2.24) is 9.78 Å². The maximum Gasteiger partial charge on any atom is 0.279 e. The second kappa shape index (κ2) is 6.60. The molecule has 0 saturated carbocycles. The highest BCUT2D eigenvalue weighted by Crippen LogP contribution is 2.13. The highest BCUT2D eigenvalue weighted by molar-refractivity contribution is 5.53. The van der Waals surface area contributed by atoms with Gasteiger partial charge in [-0.2, -0.15) is 0 Å². The topological polar surface area (TPSA) is 80.9 Å². The summed E-state index contributed by atoms with van der Waals surface area (Å²) in [5, 5.41) is 14.7. The van der Waals surface area contributed by atoms with Gasteiger partial charge in [0, 0.05) is 12.1 Å². The lowest BCUT2D eigenvalue weighted by Crippen LogP contribution is -2.33. The molecule has 3 rings (SSSR count). The molecule has 1 heterocycles. The minimum Gasteiger partial charge on any atom is -0.291 e. The third kappa shape index (κ3) is 3.28. The fourth-order valence-electron chi connectivity index (χ4n) is 2.60. The SMILES string of the molecule is C=c1[nH]n(-c2ccc(CC)cc2)c(=O)/c1=C/c1cccc([N+](=O)[O-])c1.